The first-order chi connectivity index (χ1) is 9.72. The highest BCUT2D eigenvalue weighted by atomic mass is 19.1. The van der Waals surface area contributed by atoms with Crippen LogP contribution in [-0.4, -0.2) is 20.5 Å². The number of nitrogens with zero attached hydrogens (tertiary/aromatic N) is 3. The molecular formula is C15H16FN3O. The van der Waals surface area contributed by atoms with Crippen LogP contribution in [0.4, 0.5) is 4.39 Å². The zero-order valence-electron chi connectivity index (χ0n) is 11.1. The van der Waals surface area contributed by atoms with Crippen molar-refractivity contribution in [2.45, 2.75) is 38.1 Å². The third-order valence-electron chi connectivity index (χ3n) is 3.72. The SMILES string of the molecule is O=C(Cc1ccn(C2CCCC2)n1)c1ccc(F)cn1. The number of carbonyl (C=O) groups excluding carboxylic acids is 1. The number of halogens is 1. The van der Waals surface area contributed by atoms with Crippen LogP contribution >= 0.6 is 0 Å². The van der Waals surface area contributed by atoms with Gasteiger partial charge in [-0.2, -0.15) is 5.10 Å². The molecule has 0 atom stereocenters. The number of pyridine rings is 1. The van der Waals surface area contributed by atoms with Gasteiger partial charge in [-0.15, -0.1) is 0 Å². The van der Waals surface area contributed by atoms with E-state index in [0.29, 0.717) is 6.04 Å². The van der Waals surface area contributed by atoms with Crippen LogP contribution in [0.1, 0.15) is 47.9 Å². The Hall–Kier alpha value is -2.04. The fourth-order valence-corrected chi connectivity index (χ4v) is 2.64. The van der Waals surface area contributed by atoms with Crippen LogP contribution in [0.3, 0.4) is 0 Å². The van der Waals surface area contributed by atoms with E-state index < -0.39 is 5.82 Å². The third kappa shape index (κ3) is 2.76. The first-order valence-corrected chi connectivity index (χ1v) is 6.91. The predicted molar refractivity (Wildman–Crippen MR) is 72.0 cm³/mol. The normalized spacial score (nSPS) is 15.7. The van der Waals surface area contributed by atoms with Crippen molar-refractivity contribution in [1.29, 1.82) is 0 Å². The summed E-state index contributed by atoms with van der Waals surface area (Å²) >= 11 is 0. The summed E-state index contributed by atoms with van der Waals surface area (Å²) in [6, 6.07) is 5.01. The standard InChI is InChI=1S/C15H16FN3O/c16-11-5-6-14(17-10-11)15(20)9-12-7-8-19(18-12)13-3-1-2-4-13/h5-8,10,13H,1-4,9H2. The Kier molecular flexibility index (Phi) is 3.58. The molecule has 0 aromatic carbocycles. The van der Waals surface area contributed by atoms with Gasteiger partial charge in [-0.1, -0.05) is 12.8 Å². The van der Waals surface area contributed by atoms with E-state index in [1.165, 1.54) is 25.0 Å². The van der Waals surface area contributed by atoms with Gasteiger partial charge in [0.2, 0.25) is 0 Å². The Labute approximate surface area is 116 Å². The van der Waals surface area contributed by atoms with Crippen molar-refractivity contribution in [2.75, 3.05) is 0 Å². The molecule has 1 aliphatic rings. The number of hydrogen-bond donors (Lipinski definition) is 0. The maximum absolute atomic E-state index is 12.8. The molecule has 0 amide bonds. The first kappa shape index (κ1) is 13.0. The fraction of sp³-hybridized carbons (Fsp3) is 0.400. The van der Waals surface area contributed by atoms with Crippen molar-refractivity contribution in [2.24, 2.45) is 0 Å². The van der Waals surface area contributed by atoms with Crippen LogP contribution in [0.5, 0.6) is 0 Å². The van der Waals surface area contributed by atoms with E-state index in [1.807, 2.05) is 16.9 Å². The molecule has 0 N–H and O–H groups in total. The van der Waals surface area contributed by atoms with Gasteiger partial charge in [0.15, 0.2) is 5.78 Å². The molecular weight excluding hydrogens is 257 g/mol. The van der Waals surface area contributed by atoms with Gasteiger partial charge in [0, 0.05) is 6.20 Å². The van der Waals surface area contributed by atoms with Crippen molar-refractivity contribution in [3.8, 4) is 0 Å². The molecule has 2 aromatic heterocycles. The highest BCUT2D eigenvalue weighted by Crippen LogP contribution is 2.28. The fourth-order valence-electron chi connectivity index (χ4n) is 2.64. The van der Waals surface area contributed by atoms with Gasteiger partial charge in [-0.05, 0) is 31.0 Å². The number of ketones is 1. The summed E-state index contributed by atoms with van der Waals surface area (Å²) < 4.78 is 14.7. The summed E-state index contributed by atoms with van der Waals surface area (Å²) in [6.45, 7) is 0. The topological polar surface area (TPSA) is 47.8 Å². The van der Waals surface area contributed by atoms with Gasteiger partial charge in [0.1, 0.15) is 11.5 Å². The Morgan fingerprint density at radius 2 is 2.10 bits per heavy atom. The van der Waals surface area contributed by atoms with Crippen molar-refractivity contribution < 1.29 is 9.18 Å². The van der Waals surface area contributed by atoms with E-state index in [2.05, 4.69) is 10.1 Å². The zero-order chi connectivity index (χ0) is 13.9. The van der Waals surface area contributed by atoms with Crippen molar-refractivity contribution in [1.82, 2.24) is 14.8 Å². The maximum Gasteiger partial charge on any atom is 0.187 e. The minimum absolute atomic E-state index is 0.137. The average molecular weight is 273 g/mol. The van der Waals surface area contributed by atoms with Crippen LogP contribution in [0.2, 0.25) is 0 Å². The molecule has 0 spiro atoms. The summed E-state index contributed by atoms with van der Waals surface area (Å²) in [4.78, 5) is 15.8. The van der Waals surface area contributed by atoms with Gasteiger partial charge in [0.05, 0.1) is 24.4 Å². The van der Waals surface area contributed by atoms with Crippen molar-refractivity contribution >= 4 is 5.78 Å². The lowest BCUT2D eigenvalue weighted by Gasteiger charge is -2.08. The summed E-state index contributed by atoms with van der Waals surface area (Å²) in [5.41, 5.74) is 1.02. The maximum atomic E-state index is 12.8. The molecule has 0 radical (unpaired) electrons. The monoisotopic (exact) mass is 273 g/mol. The summed E-state index contributed by atoms with van der Waals surface area (Å²) in [7, 11) is 0. The van der Waals surface area contributed by atoms with Gasteiger partial charge in [0.25, 0.3) is 0 Å². The van der Waals surface area contributed by atoms with Crippen molar-refractivity contribution in [3.63, 3.8) is 0 Å². The lowest BCUT2D eigenvalue weighted by atomic mass is 10.1. The second-order valence-corrected chi connectivity index (χ2v) is 5.19. The molecule has 104 valence electrons. The van der Waals surface area contributed by atoms with E-state index in [1.54, 1.807) is 0 Å². The third-order valence-corrected chi connectivity index (χ3v) is 3.72. The average Bonchev–Trinajstić information content (AvgIpc) is 3.09. The van der Waals surface area contributed by atoms with Gasteiger partial charge < -0.3 is 0 Å². The molecule has 0 unspecified atom stereocenters. The number of rotatable bonds is 4. The number of carbonyl (C=O) groups is 1. The Morgan fingerprint density at radius 1 is 1.30 bits per heavy atom. The highest BCUT2D eigenvalue weighted by molar-refractivity contribution is 5.95. The molecule has 1 fully saturated rings. The van der Waals surface area contributed by atoms with E-state index in [0.717, 1.165) is 24.7 Å². The van der Waals surface area contributed by atoms with Crippen LogP contribution < -0.4 is 0 Å². The van der Waals surface area contributed by atoms with Gasteiger partial charge in [-0.3, -0.25) is 14.5 Å². The van der Waals surface area contributed by atoms with Gasteiger partial charge >= 0.3 is 0 Å². The lowest BCUT2D eigenvalue weighted by molar-refractivity contribution is 0.0987. The highest BCUT2D eigenvalue weighted by Gasteiger charge is 2.18. The number of aromatic nitrogens is 3. The molecule has 0 bridgehead atoms. The number of hydrogen-bond acceptors (Lipinski definition) is 3. The molecule has 2 heterocycles. The Morgan fingerprint density at radius 3 is 2.80 bits per heavy atom. The second-order valence-electron chi connectivity index (χ2n) is 5.19. The quantitative estimate of drug-likeness (QED) is 0.805. The van der Waals surface area contributed by atoms with E-state index in [9.17, 15) is 9.18 Å². The van der Waals surface area contributed by atoms with E-state index in [-0.39, 0.29) is 17.9 Å². The minimum Gasteiger partial charge on any atom is -0.292 e. The molecule has 3 rings (SSSR count). The zero-order valence-corrected chi connectivity index (χ0v) is 11.1. The van der Waals surface area contributed by atoms with E-state index in [4.69, 9.17) is 0 Å². The van der Waals surface area contributed by atoms with Crippen LogP contribution in [0.25, 0.3) is 0 Å². The molecule has 4 nitrogen and oxygen atoms in total. The van der Waals surface area contributed by atoms with E-state index >= 15 is 0 Å². The molecule has 2 aromatic rings. The summed E-state index contributed by atoms with van der Waals surface area (Å²) in [5.74, 6) is -0.575. The largest absolute Gasteiger partial charge is 0.292 e. The minimum atomic E-state index is -0.438. The molecule has 1 saturated carbocycles. The lowest BCUT2D eigenvalue weighted by Crippen LogP contribution is -2.09. The first-order valence-electron chi connectivity index (χ1n) is 6.91. The summed E-state index contributed by atoms with van der Waals surface area (Å²) in [6.07, 6.45) is 8.03. The van der Waals surface area contributed by atoms with Crippen LogP contribution in [0, 0.1) is 5.82 Å². The van der Waals surface area contributed by atoms with Crippen LogP contribution in [-0.2, 0) is 6.42 Å². The Balaban J connectivity index is 1.68. The number of Topliss-reactive ketones (excluding diaryl/α,β-unsaturated/α-hetero) is 1. The second kappa shape index (κ2) is 5.53. The van der Waals surface area contributed by atoms with Crippen molar-refractivity contribution in [3.05, 3.63) is 47.8 Å². The summed E-state index contributed by atoms with van der Waals surface area (Å²) in [5, 5.41) is 4.47. The van der Waals surface area contributed by atoms with Gasteiger partial charge in [-0.25, -0.2) is 4.39 Å². The molecule has 1 aliphatic carbocycles. The molecule has 0 saturated heterocycles. The smallest absolute Gasteiger partial charge is 0.187 e. The van der Waals surface area contributed by atoms with Crippen LogP contribution in [0.15, 0.2) is 30.6 Å². The molecule has 0 aliphatic heterocycles. The Bertz CT molecular complexity index is 600. The molecule has 20 heavy (non-hydrogen) atoms. The molecule has 5 heteroatoms. The predicted octanol–water partition coefficient (Wildman–Crippen LogP) is 2.96.